The standard InChI is InChI=1S/C14H19N3S/c1-4-5-17-14(12-9-15-6-7-16-12)13-8-10(2)11(3)18-13/h6-9,14,17H,4-5H2,1-3H3. The number of nitrogens with one attached hydrogen (secondary N) is 1. The minimum absolute atomic E-state index is 0.163. The first-order valence-electron chi connectivity index (χ1n) is 6.28. The van der Waals surface area contributed by atoms with Crippen molar-refractivity contribution in [1.29, 1.82) is 0 Å². The van der Waals surface area contributed by atoms with Crippen molar-refractivity contribution in [1.82, 2.24) is 15.3 Å². The van der Waals surface area contributed by atoms with Crippen molar-refractivity contribution in [2.75, 3.05) is 6.54 Å². The van der Waals surface area contributed by atoms with Gasteiger partial charge in [0.1, 0.15) is 0 Å². The van der Waals surface area contributed by atoms with Crippen molar-refractivity contribution in [3.8, 4) is 0 Å². The molecular formula is C14H19N3S. The van der Waals surface area contributed by atoms with Crippen LogP contribution in [-0.2, 0) is 0 Å². The van der Waals surface area contributed by atoms with Crippen molar-refractivity contribution < 1.29 is 0 Å². The summed E-state index contributed by atoms with van der Waals surface area (Å²) in [6.45, 7) is 7.48. The second kappa shape index (κ2) is 6.07. The molecule has 96 valence electrons. The van der Waals surface area contributed by atoms with Crippen LogP contribution in [0.3, 0.4) is 0 Å². The summed E-state index contributed by atoms with van der Waals surface area (Å²) < 4.78 is 0. The fourth-order valence-electron chi connectivity index (χ4n) is 1.84. The van der Waals surface area contributed by atoms with Gasteiger partial charge in [-0.05, 0) is 38.4 Å². The second-order valence-corrected chi connectivity index (χ2v) is 5.69. The number of aryl methyl sites for hydroxylation is 2. The molecule has 2 aromatic rings. The van der Waals surface area contributed by atoms with E-state index in [4.69, 9.17) is 0 Å². The Labute approximate surface area is 112 Å². The van der Waals surface area contributed by atoms with Crippen LogP contribution in [0.25, 0.3) is 0 Å². The lowest BCUT2D eigenvalue weighted by Crippen LogP contribution is -2.23. The van der Waals surface area contributed by atoms with Crippen molar-refractivity contribution in [3.63, 3.8) is 0 Å². The summed E-state index contributed by atoms with van der Waals surface area (Å²) in [7, 11) is 0. The smallest absolute Gasteiger partial charge is 0.0860 e. The molecule has 3 nitrogen and oxygen atoms in total. The zero-order valence-electron chi connectivity index (χ0n) is 11.1. The van der Waals surface area contributed by atoms with Crippen molar-refractivity contribution in [2.24, 2.45) is 0 Å². The molecule has 0 fully saturated rings. The maximum absolute atomic E-state index is 4.43. The molecule has 2 heterocycles. The highest BCUT2D eigenvalue weighted by Gasteiger charge is 2.17. The van der Waals surface area contributed by atoms with E-state index in [0.717, 1.165) is 18.7 Å². The molecule has 0 saturated heterocycles. The van der Waals surface area contributed by atoms with Gasteiger partial charge in [-0.15, -0.1) is 11.3 Å². The van der Waals surface area contributed by atoms with Gasteiger partial charge >= 0.3 is 0 Å². The number of hydrogen-bond acceptors (Lipinski definition) is 4. The molecule has 1 N–H and O–H groups in total. The minimum atomic E-state index is 0.163. The maximum Gasteiger partial charge on any atom is 0.0860 e. The van der Waals surface area contributed by atoms with Crippen molar-refractivity contribution >= 4 is 11.3 Å². The average molecular weight is 261 g/mol. The van der Waals surface area contributed by atoms with Crippen LogP contribution in [0.2, 0.25) is 0 Å². The Balaban J connectivity index is 2.30. The molecule has 1 unspecified atom stereocenters. The van der Waals surface area contributed by atoms with Gasteiger partial charge in [0.25, 0.3) is 0 Å². The summed E-state index contributed by atoms with van der Waals surface area (Å²) in [5, 5.41) is 3.55. The Hall–Kier alpha value is -1.26. The summed E-state index contributed by atoms with van der Waals surface area (Å²) in [4.78, 5) is 11.3. The highest BCUT2D eigenvalue weighted by atomic mass is 32.1. The summed E-state index contributed by atoms with van der Waals surface area (Å²) in [6.07, 6.45) is 6.42. The van der Waals surface area contributed by atoms with Crippen LogP contribution in [0.15, 0.2) is 24.7 Å². The molecule has 0 amide bonds. The Morgan fingerprint density at radius 1 is 1.33 bits per heavy atom. The monoisotopic (exact) mass is 261 g/mol. The second-order valence-electron chi connectivity index (χ2n) is 4.41. The van der Waals surface area contributed by atoms with E-state index in [1.165, 1.54) is 15.3 Å². The zero-order valence-corrected chi connectivity index (χ0v) is 11.9. The van der Waals surface area contributed by atoms with Crippen LogP contribution in [0, 0.1) is 13.8 Å². The largest absolute Gasteiger partial charge is 0.304 e. The Bertz CT molecular complexity index is 473. The normalized spacial score (nSPS) is 12.6. The van der Waals surface area contributed by atoms with Gasteiger partial charge in [-0.3, -0.25) is 9.97 Å². The molecule has 0 aromatic carbocycles. The van der Waals surface area contributed by atoms with Gasteiger partial charge in [0.2, 0.25) is 0 Å². The maximum atomic E-state index is 4.43. The molecule has 0 aliphatic carbocycles. The van der Waals surface area contributed by atoms with E-state index in [1.54, 1.807) is 12.4 Å². The molecule has 0 aliphatic heterocycles. The first-order valence-corrected chi connectivity index (χ1v) is 7.10. The molecule has 2 aromatic heterocycles. The van der Waals surface area contributed by atoms with E-state index in [2.05, 4.69) is 42.1 Å². The van der Waals surface area contributed by atoms with Crippen molar-refractivity contribution in [3.05, 3.63) is 45.7 Å². The first kappa shape index (κ1) is 13.2. The van der Waals surface area contributed by atoms with Crippen LogP contribution >= 0.6 is 11.3 Å². The Kier molecular flexibility index (Phi) is 4.44. The number of rotatable bonds is 5. The van der Waals surface area contributed by atoms with Gasteiger partial charge in [0.15, 0.2) is 0 Å². The third-order valence-electron chi connectivity index (χ3n) is 2.95. The van der Waals surface area contributed by atoms with Gasteiger partial charge in [-0.25, -0.2) is 0 Å². The zero-order chi connectivity index (χ0) is 13.0. The van der Waals surface area contributed by atoms with E-state index in [1.807, 2.05) is 17.5 Å². The highest BCUT2D eigenvalue weighted by Crippen LogP contribution is 2.29. The van der Waals surface area contributed by atoms with Gasteiger partial charge in [0.05, 0.1) is 17.9 Å². The lowest BCUT2D eigenvalue weighted by Gasteiger charge is -2.16. The number of nitrogens with zero attached hydrogens (tertiary/aromatic N) is 2. The molecule has 0 spiro atoms. The number of thiophene rings is 1. The summed E-state index contributed by atoms with van der Waals surface area (Å²) in [5.41, 5.74) is 2.34. The molecule has 0 bridgehead atoms. The van der Waals surface area contributed by atoms with Gasteiger partial charge in [-0.1, -0.05) is 6.92 Å². The molecule has 18 heavy (non-hydrogen) atoms. The van der Waals surface area contributed by atoms with E-state index in [0.29, 0.717) is 0 Å². The fraction of sp³-hybridized carbons (Fsp3) is 0.429. The molecule has 0 saturated carbocycles. The Morgan fingerprint density at radius 2 is 2.17 bits per heavy atom. The molecule has 0 radical (unpaired) electrons. The minimum Gasteiger partial charge on any atom is -0.304 e. The molecule has 4 heteroatoms. The number of aromatic nitrogens is 2. The molecule has 1 atom stereocenters. The summed E-state index contributed by atoms with van der Waals surface area (Å²) in [5.74, 6) is 0. The quantitative estimate of drug-likeness (QED) is 0.898. The first-order chi connectivity index (χ1) is 8.72. The van der Waals surface area contributed by atoms with Gasteiger partial charge < -0.3 is 5.32 Å². The Morgan fingerprint density at radius 3 is 2.72 bits per heavy atom. The molecule has 0 aliphatic rings. The average Bonchev–Trinajstić information content (AvgIpc) is 2.71. The van der Waals surface area contributed by atoms with Crippen LogP contribution < -0.4 is 5.32 Å². The van der Waals surface area contributed by atoms with Crippen LogP contribution in [-0.4, -0.2) is 16.5 Å². The summed E-state index contributed by atoms with van der Waals surface area (Å²) in [6, 6.07) is 2.42. The van der Waals surface area contributed by atoms with E-state index in [-0.39, 0.29) is 6.04 Å². The van der Waals surface area contributed by atoms with Crippen molar-refractivity contribution in [2.45, 2.75) is 33.2 Å². The number of hydrogen-bond donors (Lipinski definition) is 1. The SMILES string of the molecule is CCCNC(c1cnccn1)c1cc(C)c(C)s1. The lowest BCUT2D eigenvalue weighted by molar-refractivity contribution is 0.591. The lowest BCUT2D eigenvalue weighted by atomic mass is 10.1. The van der Waals surface area contributed by atoms with E-state index < -0.39 is 0 Å². The van der Waals surface area contributed by atoms with E-state index in [9.17, 15) is 0 Å². The molecular weight excluding hydrogens is 242 g/mol. The van der Waals surface area contributed by atoms with Crippen LogP contribution in [0.1, 0.15) is 40.4 Å². The van der Waals surface area contributed by atoms with Crippen LogP contribution in [0.5, 0.6) is 0 Å². The van der Waals surface area contributed by atoms with Crippen LogP contribution in [0.4, 0.5) is 0 Å². The fourth-order valence-corrected chi connectivity index (χ4v) is 2.97. The van der Waals surface area contributed by atoms with Gasteiger partial charge in [-0.2, -0.15) is 0 Å². The third kappa shape index (κ3) is 2.94. The summed E-state index contributed by atoms with van der Waals surface area (Å²) >= 11 is 1.84. The highest BCUT2D eigenvalue weighted by molar-refractivity contribution is 7.12. The molecule has 2 rings (SSSR count). The predicted molar refractivity (Wildman–Crippen MR) is 76.0 cm³/mol. The van der Waals surface area contributed by atoms with E-state index >= 15 is 0 Å². The predicted octanol–water partition coefficient (Wildman–Crippen LogP) is 3.24. The third-order valence-corrected chi connectivity index (χ3v) is 4.16. The topological polar surface area (TPSA) is 37.8 Å². The van der Waals surface area contributed by atoms with Gasteiger partial charge in [0, 0.05) is 22.1 Å².